The Bertz CT molecular complexity index is 760. The molecule has 8 heteroatoms. The summed E-state index contributed by atoms with van der Waals surface area (Å²) in [7, 11) is -3.69. The van der Waals surface area contributed by atoms with Crippen molar-refractivity contribution >= 4 is 44.6 Å². The Labute approximate surface area is 139 Å². The predicted molar refractivity (Wildman–Crippen MR) is 92.3 cm³/mol. The van der Waals surface area contributed by atoms with Gasteiger partial charge >= 0.3 is 0 Å². The van der Waals surface area contributed by atoms with E-state index in [0.717, 1.165) is 5.56 Å². The highest BCUT2D eigenvalue weighted by Gasteiger charge is 2.13. The van der Waals surface area contributed by atoms with Crippen LogP contribution in [0.3, 0.4) is 0 Å². The van der Waals surface area contributed by atoms with Crippen LogP contribution in [0.5, 0.6) is 0 Å². The van der Waals surface area contributed by atoms with Crippen molar-refractivity contribution in [1.29, 1.82) is 0 Å². The number of rotatable bonds is 4. The van der Waals surface area contributed by atoms with Crippen LogP contribution in [-0.2, 0) is 10.0 Å². The molecule has 0 bridgehead atoms. The first-order valence-electron chi connectivity index (χ1n) is 6.29. The fourth-order valence-electron chi connectivity index (χ4n) is 1.71. The zero-order chi connectivity index (χ0) is 16.2. The molecule has 2 rings (SSSR count). The van der Waals surface area contributed by atoms with Crippen LogP contribution in [0.15, 0.2) is 53.4 Å². The maximum absolute atomic E-state index is 12.0. The topological polar surface area (TPSA) is 70.2 Å². The second kappa shape index (κ2) is 7.06. The second-order valence-electron chi connectivity index (χ2n) is 4.43. The van der Waals surface area contributed by atoms with Gasteiger partial charge in [-0.25, -0.2) is 8.42 Å². The molecule has 0 fully saturated rings. The molecule has 0 aliphatic carbocycles. The molecule has 0 atom stereocenters. The largest absolute Gasteiger partial charge is 0.330 e. The fraction of sp³-hybridized carbons (Fsp3) is 0.0714. The minimum absolute atomic E-state index is 0.0932. The van der Waals surface area contributed by atoms with Crippen molar-refractivity contribution in [1.82, 2.24) is 10.3 Å². The van der Waals surface area contributed by atoms with Gasteiger partial charge in [0.1, 0.15) is 0 Å². The van der Waals surface area contributed by atoms with E-state index in [1.807, 2.05) is 19.1 Å². The average molecular weight is 356 g/mol. The Balaban J connectivity index is 2.02. The summed E-state index contributed by atoms with van der Waals surface area (Å²) in [5, 5.41) is 3.45. The van der Waals surface area contributed by atoms with Gasteiger partial charge in [-0.3, -0.25) is 5.43 Å². The lowest BCUT2D eigenvalue weighted by atomic mass is 10.2. The standard InChI is InChI=1S/C14H14ClN3O2S2/c1-10-6-5-9-12(15)13(10)16-14(21)17-18-22(19,20)11-7-3-2-4-8-11/h2-9,18H,1H3,(H2,16,17,21). The summed E-state index contributed by atoms with van der Waals surface area (Å²) in [5.41, 5.74) is 3.96. The molecule has 2 aromatic rings. The molecule has 22 heavy (non-hydrogen) atoms. The number of halogens is 1. The van der Waals surface area contributed by atoms with E-state index < -0.39 is 10.0 Å². The highest BCUT2D eigenvalue weighted by atomic mass is 35.5. The second-order valence-corrected chi connectivity index (χ2v) is 6.93. The zero-order valence-electron chi connectivity index (χ0n) is 11.6. The van der Waals surface area contributed by atoms with Crippen LogP contribution < -0.4 is 15.6 Å². The predicted octanol–water partition coefficient (Wildman–Crippen LogP) is 2.83. The molecule has 0 radical (unpaired) electrons. The Morgan fingerprint density at radius 3 is 2.41 bits per heavy atom. The molecule has 2 aromatic carbocycles. The molecule has 0 saturated heterocycles. The van der Waals surface area contributed by atoms with E-state index in [9.17, 15) is 8.42 Å². The number of benzene rings is 2. The molecular formula is C14H14ClN3O2S2. The highest BCUT2D eigenvalue weighted by molar-refractivity contribution is 7.89. The van der Waals surface area contributed by atoms with Gasteiger partial charge in [0.2, 0.25) is 0 Å². The van der Waals surface area contributed by atoms with Crippen molar-refractivity contribution < 1.29 is 8.42 Å². The molecule has 0 unspecified atom stereocenters. The molecule has 0 amide bonds. The molecule has 0 saturated carbocycles. The van der Waals surface area contributed by atoms with E-state index in [1.54, 1.807) is 24.3 Å². The van der Waals surface area contributed by atoms with E-state index in [2.05, 4.69) is 15.6 Å². The Morgan fingerprint density at radius 1 is 1.09 bits per heavy atom. The number of hydrazine groups is 1. The lowest BCUT2D eigenvalue weighted by Crippen LogP contribution is -2.43. The fourth-order valence-corrected chi connectivity index (χ4v) is 3.06. The third-order valence-corrected chi connectivity index (χ3v) is 4.60. The third kappa shape index (κ3) is 4.17. The van der Waals surface area contributed by atoms with Gasteiger partial charge in [-0.1, -0.05) is 41.9 Å². The normalized spacial score (nSPS) is 11.0. The summed E-state index contributed by atoms with van der Waals surface area (Å²) >= 11 is 11.1. The number of para-hydroxylation sites is 1. The average Bonchev–Trinajstić information content (AvgIpc) is 2.50. The van der Waals surface area contributed by atoms with Gasteiger partial charge in [-0.2, -0.15) is 0 Å². The maximum Gasteiger partial charge on any atom is 0.257 e. The minimum atomic E-state index is -3.69. The number of hydrogen-bond acceptors (Lipinski definition) is 3. The van der Waals surface area contributed by atoms with E-state index >= 15 is 0 Å². The molecule has 0 aliphatic rings. The molecule has 0 heterocycles. The van der Waals surface area contributed by atoms with E-state index in [0.29, 0.717) is 10.7 Å². The maximum atomic E-state index is 12.0. The third-order valence-electron chi connectivity index (χ3n) is 2.81. The molecule has 116 valence electrons. The van der Waals surface area contributed by atoms with Crippen molar-refractivity contribution in [2.45, 2.75) is 11.8 Å². The van der Waals surface area contributed by atoms with E-state index in [-0.39, 0.29) is 10.0 Å². The van der Waals surface area contributed by atoms with Crippen molar-refractivity contribution in [2.75, 3.05) is 5.32 Å². The van der Waals surface area contributed by atoms with Gasteiger partial charge < -0.3 is 5.32 Å². The van der Waals surface area contributed by atoms with E-state index in [4.69, 9.17) is 23.8 Å². The number of anilines is 1. The van der Waals surface area contributed by atoms with Gasteiger partial charge in [0, 0.05) is 0 Å². The number of thiocarbonyl (C=S) groups is 1. The van der Waals surface area contributed by atoms with Gasteiger partial charge in [-0.05, 0) is 42.9 Å². The molecule has 3 N–H and O–H groups in total. The van der Waals surface area contributed by atoms with Gasteiger partial charge in [-0.15, -0.1) is 4.83 Å². The smallest absolute Gasteiger partial charge is 0.257 e. The number of aryl methyl sites for hydroxylation is 1. The van der Waals surface area contributed by atoms with Crippen LogP contribution in [0.2, 0.25) is 5.02 Å². The summed E-state index contributed by atoms with van der Waals surface area (Å²) in [5.74, 6) is 0. The monoisotopic (exact) mass is 355 g/mol. The lowest BCUT2D eigenvalue weighted by Gasteiger charge is -2.14. The minimum Gasteiger partial charge on any atom is -0.330 e. The quantitative estimate of drug-likeness (QED) is 0.581. The molecule has 0 aromatic heterocycles. The van der Waals surface area contributed by atoms with Crippen LogP contribution in [0.25, 0.3) is 0 Å². The first kappa shape index (κ1) is 16.7. The molecule has 0 aliphatic heterocycles. The first-order chi connectivity index (χ1) is 10.4. The summed E-state index contributed by atoms with van der Waals surface area (Å²) in [4.78, 5) is 2.35. The van der Waals surface area contributed by atoms with Crippen molar-refractivity contribution in [2.24, 2.45) is 0 Å². The van der Waals surface area contributed by atoms with Crippen molar-refractivity contribution in [3.05, 3.63) is 59.1 Å². The molecule has 0 spiro atoms. The van der Waals surface area contributed by atoms with Gasteiger partial charge in [0.25, 0.3) is 10.0 Å². The summed E-state index contributed by atoms with van der Waals surface area (Å²) in [6.07, 6.45) is 0. The van der Waals surface area contributed by atoms with Crippen LogP contribution in [0, 0.1) is 6.92 Å². The lowest BCUT2D eigenvalue weighted by molar-refractivity contribution is 0.578. The van der Waals surface area contributed by atoms with Gasteiger partial charge in [0.05, 0.1) is 15.6 Å². The number of hydrogen-bond donors (Lipinski definition) is 3. The summed E-state index contributed by atoms with van der Waals surface area (Å²) in [6.45, 7) is 1.87. The SMILES string of the molecule is Cc1cccc(Cl)c1NC(=S)NNS(=O)(=O)c1ccccc1. The summed E-state index contributed by atoms with van der Waals surface area (Å²) in [6, 6.07) is 13.4. The van der Waals surface area contributed by atoms with Crippen molar-refractivity contribution in [3.63, 3.8) is 0 Å². The van der Waals surface area contributed by atoms with Crippen LogP contribution in [0.4, 0.5) is 5.69 Å². The first-order valence-corrected chi connectivity index (χ1v) is 8.56. The molecule has 5 nitrogen and oxygen atoms in total. The van der Waals surface area contributed by atoms with Crippen molar-refractivity contribution in [3.8, 4) is 0 Å². The Morgan fingerprint density at radius 2 is 1.77 bits per heavy atom. The Kier molecular flexibility index (Phi) is 5.36. The summed E-state index contributed by atoms with van der Waals surface area (Å²) < 4.78 is 24.1. The van der Waals surface area contributed by atoms with Gasteiger partial charge in [0.15, 0.2) is 5.11 Å². The number of sulfonamides is 1. The highest BCUT2D eigenvalue weighted by Crippen LogP contribution is 2.24. The van der Waals surface area contributed by atoms with Crippen LogP contribution in [-0.4, -0.2) is 13.5 Å². The van der Waals surface area contributed by atoms with E-state index in [1.165, 1.54) is 12.1 Å². The zero-order valence-corrected chi connectivity index (χ0v) is 14.0. The number of nitrogens with one attached hydrogen (secondary N) is 3. The van der Waals surface area contributed by atoms with Crippen LogP contribution in [0.1, 0.15) is 5.56 Å². The molecular weight excluding hydrogens is 342 g/mol. The Hall–Kier alpha value is -1.67. The van der Waals surface area contributed by atoms with Crippen LogP contribution >= 0.6 is 23.8 Å².